The van der Waals surface area contributed by atoms with Crippen LogP contribution < -0.4 is 16.0 Å². The quantitative estimate of drug-likeness (QED) is 0.732. The van der Waals surface area contributed by atoms with Gasteiger partial charge in [-0.25, -0.2) is 4.79 Å². The summed E-state index contributed by atoms with van der Waals surface area (Å²) in [6, 6.07) is 22.2. The summed E-state index contributed by atoms with van der Waals surface area (Å²) in [5.41, 5.74) is 2.64. The molecule has 2 unspecified atom stereocenters. The highest BCUT2D eigenvalue weighted by Gasteiger charge is 2.33. The number of benzene rings is 2. The summed E-state index contributed by atoms with van der Waals surface area (Å²) in [5, 5.41) is 10.0. The maximum Gasteiger partial charge on any atom is 0.315 e. The molecule has 1 aliphatic heterocycles. The van der Waals surface area contributed by atoms with Crippen LogP contribution in [0, 0.1) is 0 Å². The number of carbonyl (C=O) groups is 1. The molecule has 148 valence electrons. The molecule has 2 aliphatic rings. The van der Waals surface area contributed by atoms with Crippen LogP contribution in [-0.2, 0) is 0 Å². The maximum absolute atomic E-state index is 12.4. The minimum Gasteiger partial charge on any atom is -0.335 e. The summed E-state index contributed by atoms with van der Waals surface area (Å²) in [7, 11) is 0. The summed E-state index contributed by atoms with van der Waals surface area (Å²) >= 11 is 0. The third-order valence-electron chi connectivity index (χ3n) is 6.16. The predicted molar refractivity (Wildman–Crippen MR) is 113 cm³/mol. The molecule has 2 atom stereocenters. The Morgan fingerprint density at radius 1 is 0.821 bits per heavy atom. The molecule has 0 aromatic heterocycles. The van der Waals surface area contributed by atoms with Crippen molar-refractivity contribution in [1.29, 1.82) is 0 Å². The second kappa shape index (κ2) is 9.24. The van der Waals surface area contributed by atoms with Crippen LogP contribution in [0.4, 0.5) is 4.79 Å². The fraction of sp³-hybridized carbons (Fsp3) is 0.458. The van der Waals surface area contributed by atoms with Gasteiger partial charge in [0.25, 0.3) is 0 Å². The normalized spacial score (nSPS) is 22.9. The van der Waals surface area contributed by atoms with Crippen molar-refractivity contribution in [3.8, 4) is 0 Å². The summed E-state index contributed by atoms with van der Waals surface area (Å²) in [6.07, 6.45) is 6.93. The number of hydrogen-bond donors (Lipinski definition) is 3. The first-order valence-corrected chi connectivity index (χ1v) is 10.7. The van der Waals surface area contributed by atoms with Gasteiger partial charge in [0, 0.05) is 30.6 Å². The smallest absolute Gasteiger partial charge is 0.315 e. The van der Waals surface area contributed by atoms with Gasteiger partial charge < -0.3 is 16.0 Å². The van der Waals surface area contributed by atoms with Gasteiger partial charge in [-0.05, 0) is 30.4 Å². The lowest BCUT2D eigenvalue weighted by atomic mass is 9.84. The van der Waals surface area contributed by atoms with E-state index in [9.17, 15) is 4.79 Å². The van der Waals surface area contributed by atoms with Gasteiger partial charge in [0.05, 0.1) is 0 Å². The Morgan fingerprint density at radius 3 is 2.00 bits per heavy atom. The summed E-state index contributed by atoms with van der Waals surface area (Å²) in [5.74, 6) is 0.288. The number of urea groups is 1. The SMILES string of the molecule is O=C(NC1CCCCC1)NC1CNC(C(c2ccccc2)c2ccccc2)C1. The largest absolute Gasteiger partial charge is 0.335 e. The minimum atomic E-state index is -0.00433. The first-order chi connectivity index (χ1) is 13.8. The van der Waals surface area contributed by atoms with E-state index < -0.39 is 0 Å². The highest BCUT2D eigenvalue weighted by atomic mass is 16.2. The molecule has 2 amide bonds. The third-order valence-corrected chi connectivity index (χ3v) is 6.16. The number of nitrogens with one attached hydrogen (secondary N) is 3. The lowest BCUT2D eigenvalue weighted by Crippen LogP contribution is -2.47. The summed E-state index contributed by atoms with van der Waals surface area (Å²) < 4.78 is 0. The minimum absolute atomic E-state index is 0.00433. The molecular formula is C24H31N3O. The topological polar surface area (TPSA) is 53.2 Å². The van der Waals surface area contributed by atoms with E-state index in [2.05, 4.69) is 76.6 Å². The highest BCUT2D eigenvalue weighted by molar-refractivity contribution is 5.74. The van der Waals surface area contributed by atoms with Crippen LogP contribution in [0.1, 0.15) is 55.6 Å². The lowest BCUT2D eigenvalue weighted by molar-refractivity contribution is 0.229. The van der Waals surface area contributed by atoms with E-state index >= 15 is 0 Å². The average Bonchev–Trinajstić information content (AvgIpc) is 3.18. The molecule has 4 nitrogen and oxygen atoms in total. The number of rotatable bonds is 5. The number of hydrogen-bond acceptors (Lipinski definition) is 2. The van der Waals surface area contributed by atoms with Gasteiger partial charge in [-0.15, -0.1) is 0 Å². The van der Waals surface area contributed by atoms with E-state index in [-0.39, 0.29) is 18.0 Å². The van der Waals surface area contributed by atoms with E-state index in [4.69, 9.17) is 0 Å². The zero-order chi connectivity index (χ0) is 19.2. The summed E-state index contributed by atoms with van der Waals surface area (Å²) in [6.45, 7) is 0.818. The van der Waals surface area contributed by atoms with Crippen molar-refractivity contribution in [2.75, 3.05) is 6.54 Å². The maximum atomic E-state index is 12.4. The molecule has 4 rings (SSSR count). The molecule has 1 saturated carbocycles. The van der Waals surface area contributed by atoms with E-state index in [1.165, 1.54) is 30.4 Å². The van der Waals surface area contributed by atoms with E-state index in [1.807, 2.05) is 0 Å². The van der Waals surface area contributed by atoms with E-state index in [1.54, 1.807) is 0 Å². The van der Waals surface area contributed by atoms with Crippen molar-refractivity contribution in [2.45, 2.75) is 62.6 Å². The van der Waals surface area contributed by atoms with Crippen LogP contribution in [-0.4, -0.2) is 30.7 Å². The standard InChI is InChI=1S/C24H31N3O/c28-24(26-20-14-8-3-9-15-20)27-21-16-22(25-17-21)23(18-10-4-1-5-11-18)19-12-6-2-7-13-19/h1-2,4-7,10-13,20-23,25H,3,8-9,14-17H2,(H2,26,27,28). The second-order valence-corrected chi connectivity index (χ2v) is 8.20. The molecule has 2 aromatic rings. The lowest BCUT2D eigenvalue weighted by Gasteiger charge is -2.26. The fourth-order valence-corrected chi connectivity index (χ4v) is 4.77. The van der Waals surface area contributed by atoms with Gasteiger partial charge in [-0.1, -0.05) is 79.9 Å². The average molecular weight is 378 g/mol. The van der Waals surface area contributed by atoms with Crippen LogP contribution in [0.2, 0.25) is 0 Å². The van der Waals surface area contributed by atoms with Crippen LogP contribution >= 0.6 is 0 Å². The molecule has 0 bridgehead atoms. The Hall–Kier alpha value is -2.33. The molecular weight excluding hydrogens is 346 g/mol. The molecule has 1 aliphatic carbocycles. The Balaban J connectivity index is 1.40. The molecule has 3 N–H and O–H groups in total. The molecule has 0 radical (unpaired) electrons. The van der Waals surface area contributed by atoms with Crippen LogP contribution in [0.5, 0.6) is 0 Å². The first kappa shape index (κ1) is 19.0. The molecule has 2 aromatic carbocycles. The third kappa shape index (κ3) is 4.74. The molecule has 1 heterocycles. The molecule has 2 fully saturated rings. The van der Waals surface area contributed by atoms with Gasteiger partial charge in [0.15, 0.2) is 0 Å². The monoisotopic (exact) mass is 377 g/mol. The van der Waals surface area contributed by atoms with Gasteiger partial charge in [-0.3, -0.25) is 0 Å². The van der Waals surface area contributed by atoms with Crippen molar-refractivity contribution in [3.05, 3.63) is 71.8 Å². The van der Waals surface area contributed by atoms with Crippen molar-refractivity contribution in [1.82, 2.24) is 16.0 Å². The van der Waals surface area contributed by atoms with E-state index in [0.29, 0.717) is 12.1 Å². The Kier molecular flexibility index (Phi) is 6.27. The molecule has 0 spiro atoms. The zero-order valence-electron chi connectivity index (χ0n) is 16.4. The number of amides is 2. The van der Waals surface area contributed by atoms with Crippen molar-refractivity contribution < 1.29 is 4.79 Å². The Labute approximate surface area is 168 Å². The zero-order valence-corrected chi connectivity index (χ0v) is 16.4. The Morgan fingerprint density at radius 2 is 1.39 bits per heavy atom. The van der Waals surface area contributed by atoms with Crippen LogP contribution in [0.3, 0.4) is 0 Å². The Bertz CT molecular complexity index is 703. The predicted octanol–water partition coefficient (Wildman–Crippen LogP) is 4.18. The van der Waals surface area contributed by atoms with Gasteiger partial charge >= 0.3 is 6.03 Å². The van der Waals surface area contributed by atoms with Gasteiger partial charge in [0.2, 0.25) is 0 Å². The molecule has 4 heteroatoms. The van der Waals surface area contributed by atoms with Crippen molar-refractivity contribution in [2.24, 2.45) is 0 Å². The number of carbonyl (C=O) groups excluding carboxylic acids is 1. The summed E-state index contributed by atoms with van der Waals surface area (Å²) in [4.78, 5) is 12.4. The van der Waals surface area contributed by atoms with Gasteiger partial charge in [-0.2, -0.15) is 0 Å². The van der Waals surface area contributed by atoms with Gasteiger partial charge in [0.1, 0.15) is 0 Å². The highest BCUT2D eigenvalue weighted by Crippen LogP contribution is 2.32. The van der Waals surface area contributed by atoms with Crippen LogP contribution in [0.15, 0.2) is 60.7 Å². The fourth-order valence-electron chi connectivity index (χ4n) is 4.77. The first-order valence-electron chi connectivity index (χ1n) is 10.7. The van der Waals surface area contributed by atoms with Crippen molar-refractivity contribution >= 4 is 6.03 Å². The second-order valence-electron chi connectivity index (χ2n) is 8.20. The van der Waals surface area contributed by atoms with Crippen molar-refractivity contribution in [3.63, 3.8) is 0 Å². The van der Waals surface area contributed by atoms with Crippen LogP contribution in [0.25, 0.3) is 0 Å². The molecule has 1 saturated heterocycles. The molecule has 28 heavy (non-hydrogen) atoms. The van der Waals surface area contributed by atoms with E-state index in [0.717, 1.165) is 25.8 Å².